The second-order valence-corrected chi connectivity index (χ2v) is 5.17. The summed E-state index contributed by atoms with van der Waals surface area (Å²) in [5, 5.41) is 3.36. The Balaban J connectivity index is 2.05. The van der Waals surface area contributed by atoms with Crippen molar-refractivity contribution >= 4 is 28.6 Å². The number of halogens is 1. The van der Waals surface area contributed by atoms with Gasteiger partial charge in [-0.3, -0.25) is 0 Å². The Morgan fingerprint density at radius 1 is 1.60 bits per heavy atom. The van der Waals surface area contributed by atoms with Crippen LogP contribution in [0.5, 0.6) is 0 Å². The molecule has 0 amide bonds. The van der Waals surface area contributed by atoms with E-state index in [0.29, 0.717) is 17.5 Å². The van der Waals surface area contributed by atoms with Crippen molar-refractivity contribution in [2.24, 2.45) is 0 Å². The minimum Gasteiger partial charge on any atom is -0.465 e. The molecule has 0 saturated carbocycles. The van der Waals surface area contributed by atoms with E-state index in [4.69, 9.17) is 16.3 Å². The highest BCUT2D eigenvalue weighted by Crippen LogP contribution is 2.21. The molecule has 2 aromatic rings. The number of methoxy groups -OCH3 is 1. The number of hydrogen-bond donors (Lipinski definition) is 1. The summed E-state index contributed by atoms with van der Waals surface area (Å²) in [6.07, 6.45) is 1.15. The molecule has 0 spiro atoms. The predicted molar refractivity (Wildman–Crippen MR) is 77.0 cm³/mol. The van der Waals surface area contributed by atoms with Crippen LogP contribution in [-0.2, 0) is 17.2 Å². The quantitative estimate of drug-likeness (QED) is 0.691. The van der Waals surface area contributed by atoms with Crippen LogP contribution < -0.4 is 5.32 Å². The molecule has 2 heterocycles. The summed E-state index contributed by atoms with van der Waals surface area (Å²) < 4.78 is 6.85. The zero-order valence-corrected chi connectivity index (χ0v) is 12.0. The molecule has 20 heavy (non-hydrogen) atoms. The van der Waals surface area contributed by atoms with Crippen molar-refractivity contribution in [1.82, 2.24) is 14.9 Å². The van der Waals surface area contributed by atoms with Crippen LogP contribution >= 0.6 is 11.6 Å². The van der Waals surface area contributed by atoms with Crippen LogP contribution in [0.15, 0.2) is 18.2 Å². The Bertz CT molecular complexity index is 649. The molecule has 0 bridgehead atoms. The molecule has 1 saturated heterocycles. The smallest absolute Gasteiger partial charge is 0.337 e. The Labute approximate surface area is 121 Å². The Hall–Kier alpha value is -1.59. The van der Waals surface area contributed by atoms with E-state index in [-0.39, 0.29) is 5.97 Å². The maximum Gasteiger partial charge on any atom is 0.337 e. The van der Waals surface area contributed by atoms with E-state index in [1.165, 1.54) is 7.11 Å². The third-order valence-corrected chi connectivity index (χ3v) is 3.94. The lowest BCUT2D eigenvalue weighted by molar-refractivity contribution is 0.0601. The van der Waals surface area contributed by atoms with Crippen LogP contribution in [0.4, 0.5) is 0 Å². The SMILES string of the molecule is COC(=O)c1ccc2nc(CCl)n(C[C@@H]3CCN3)c2c1. The maximum absolute atomic E-state index is 11.6. The Morgan fingerprint density at radius 2 is 2.40 bits per heavy atom. The van der Waals surface area contributed by atoms with Gasteiger partial charge >= 0.3 is 5.97 Å². The second-order valence-electron chi connectivity index (χ2n) is 4.91. The molecule has 1 aliphatic heterocycles. The molecule has 1 aromatic heterocycles. The van der Waals surface area contributed by atoms with Gasteiger partial charge in [-0.15, -0.1) is 11.6 Å². The fraction of sp³-hybridized carbons (Fsp3) is 0.429. The van der Waals surface area contributed by atoms with Crippen LogP contribution in [0.1, 0.15) is 22.6 Å². The number of aromatic nitrogens is 2. The molecular weight excluding hydrogens is 278 g/mol. The van der Waals surface area contributed by atoms with Crippen LogP contribution in [-0.4, -0.2) is 35.2 Å². The molecule has 1 atom stereocenters. The van der Waals surface area contributed by atoms with Gasteiger partial charge in [0.1, 0.15) is 5.82 Å². The standard InChI is InChI=1S/C14H16ClN3O2/c1-20-14(19)9-2-3-11-12(6-9)18(13(7-15)17-11)8-10-4-5-16-10/h2-3,6,10,16H,4-5,7-8H2,1H3/t10-/m0/s1. The molecule has 106 valence electrons. The first-order valence-corrected chi connectivity index (χ1v) is 7.13. The molecule has 5 nitrogen and oxygen atoms in total. The molecule has 0 aliphatic carbocycles. The number of imidazole rings is 1. The van der Waals surface area contributed by atoms with Crippen molar-refractivity contribution in [2.75, 3.05) is 13.7 Å². The minimum atomic E-state index is -0.339. The number of fused-ring (bicyclic) bond motifs is 1. The van der Waals surface area contributed by atoms with E-state index in [2.05, 4.69) is 14.9 Å². The number of ether oxygens (including phenoxy) is 1. The van der Waals surface area contributed by atoms with Crippen LogP contribution in [0.2, 0.25) is 0 Å². The van der Waals surface area contributed by atoms with Crippen LogP contribution in [0.25, 0.3) is 11.0 Å². The predicted octanol–water partition coefficient (Wildman–Crippen LogP) is 1.92. The van der Waals surface area contributed by atoms with E-state index in [0.717, 1.165) is 36.4 Å². The van der Waals surface area contributed by atoms with E-state index in [1.807, 2.05) is 12.1 Å². The monoisotopic (exact) mass is 293 g/mol. The molecular formula is C14H16ClN3O2. The van der Waals surface area contributed by atoms with Crippen LogP contribution in [0, 0.1) is 0 Å². The van der Waals surface area contributed by atoms with Gasteiger partial charge < -0.3 is 14.6 Å². The van der Waals surface area contributed by atoms with E-state index in [1.54, 1.807) is 6.07 Å². The summed E-state index contributed by atoms with van der Waals surface area (Å²) in [5.41, 5.74) is 2.31. The molecule has 0 unspecified atom stereocenters. The molecule has 1 N–H and O–H groups in total. The third kappa shape index (κ3) is 2.27. The normalized spacial score (nSPS) is 18.0. The molecule has 1 fully saturated rings. The number of nitrogens with zero attached hydrogens (tertiary/aromatic N) is 2. The van der Waals surface area contributed by atoms with Crippen molar-refractivity contribution in [2.45, 2.75) is 24.9 Å². The largest absolute Gasteiger partial charge is 0.465 e. The lowest BCUT2D eigenvalue weighted by Crippen LogP contribution is -2.45. The average molecular weight is 294 g/mol. The number of esters is 1. The number of rotatable bonds is 4. The van der Waals surface area contributed by atoms with E-state index in [9.17, 15) is 4.79 Å². The number of benzene rings is 1. The topological polar surface area (TPSA) is 56.1 Å². The highest BCUT2D eigenvalue weighted by Gasteiger charge is 2.20. The number of hydrogen-bond acceptors (Lipinski definition) is 4. The van der Waals surface area contributed by atoms with Gasteiger partial charge in [0.15, 0.2) is 0 Å². The first-order valence-electron chi connectivity index (χ1n) is 6.59. The summed E-state index contributed by atoms with van der Waals surface area (Å²) in [7, 11) is 1.38. The summed E-state index contributed by atoms with van der Waals surface area (Å²) in [5.74, 6) is 0.848. The first kappa shape index (κ1) is 13.4. The van der Waals surface area contributed by atoms with Crippen molar-refractivity contribution in [3.8, 4) is 0 Å². The van der Waals surface area contributed by atoms with Gasteiger partial charge in [0, 0.05) is 12.6 Å². The summed E-state index contributed by atoms with van der Waals surface area (Å²) >= 11 is 5.98. The molecule has 0 radical (unpaired) electrons. The van der Waals surface area contributed by atoms with Gasteiger partial charge in [-0.1, -0.05) is 0 Å². The van der Waals surface area contributed by atoms with Crippen LogP contribution in [0.3, 0.4) is 0 Å². The highest BCUT2D eigenvalue weighted by atomic mass is 35.5. The number of alkyl halides is 1. The summed E-state index contributed by atoms with van der Waals surface area (Å²) in [6, 6.07) is 5.84. The second kappa shape index (κ2) is 5.42. The Kier molecular flexibility index (Phi) is 3.63. The van der Waals surface area contributed by atoms with Gasteiger partial charge in [-0.2, -0.15) is 0 Å². The molecule has 1 aromatic carbocycles. The first-order chi connectivity index (χ1) is 9.72. The fourth-order valence-corrected chi connectivity index (χ4v) is 2.65. The van der Waals surface area contributed by atoms with Gasteiger partial charge in [-0.05, 0) is 31.2 Å². The summed E-state index contributed by atoms with van der Waals surface area (Å²) in [6.45, 7) is 1.88. The average Bonchev–Trinajstić information content (AvgIpc) is 2.78. The lowest BCUT2D eigenvalue weighted by atomic mass is 10.1. The number of carbonyl (C=O) groups is 1. The van der Waals surface area contributed by atoms with Crippen molar-refractivity contribution in [1.29, 1.82) is 0 Å². The van der Waals surface area contributed by atoms with Crippen molar-refractivity contribution < 1.29 is 9.53 Å². The zero-order chi connectivity index (χ0) is 14.1. The van der Waals surface area contributed by atoms with Gasteiger partial charge in [0.05, 0.1) is 29.6 Å². The van der Waals surface area contributed by atoms with Gasteiger partial charge in [-0.25, -0.2) is 9.78 Å². The molecule has 3 rings (SSSR count). The van der Waals surface area contributed by atoms with Crippen molar-refractivity contribution in [3.05, 3.63) is 29.6 Å². The van der Waals surface area contributed by atoms with Gasteiger partial charge in [0.25, 0.3) is 0 Å². The minimum absolute atomic E-state index is 0.339. The summed E-state index contributed by atoms with van der Waals surface area (Å²) in [4.78, 5) is 16.2. The zero-order valence-electron chi connectivity index (χ0n) is 11.2. The Morgan fingerprint density at radius 3 is 3.00 bits per heavy atom. The highest BCUT2D eigenvalue weighted by molar-refractivity contribution is 6.16. The van der Waals surface area contributed by atoms with Gasteiger partial charge in [0.2, 0.25) is 0 Å². The van der Waals surface area contributed by atoms with E-state index < -0.39 is 0 Å². The number of nitrogens with one attached hydrogen (secondary N) is 1. The maximum atomic E-state index is 11.6. The number of carbonyl (C=O) groups excluding carboxylic acids is 1. The van der Waals surface area contributed by atoms with Crippen molar-refractivity contribution in [3.63, 3.8) is 0 Å². The van der Waals surface area contributed by atoms with E-state index >= 15 is 0 Å². The molecule has 1 aliphatic rings. The fourth-order valence-electron chi connectivity index (χ4n) is 2.45. The molecule has 6 heteroatoms. The third-order valence-electron chi connectivity index (χ3n) is 3.70. The lowest BCUT2D eigenvalue weighted by Gasteiger charge is -2.28.